The Morgan fingerprint density at radius 1 is 0.947 bits per heavy atom. The first kappa shape index (κ1) is 26.6. The van der Waals surface area contributed by atoms with Gasteiger partial charge >= 0.3 is 0 Å². The van der Waals surface area contributed by atoms with E-state index in [9.17, 15) is 9.59 Å². The Morgan fingerprint density at radius 2 is 1.68 bits per heavy atom. The monoisotopic (exact) mass is 529 g/mol. The fourth-order valence-corrected chi connectivity index (χ4v) is 6.74. The Labute approximate surface area is 231 Å². The summed E-state index contributed by atoms with van der Waals surface area (Å²) in [4.78, 5) is 34.5. The maximum Gasteiger partial charge on any atom is 0.254 e. The molecule has 2 atom stereocenters. The number of rotatable bonds is 4. The molecule has 0 aliphatic carbocycles. The van der Waals surface area contributed by atoms with Crippen molar-refractivity contribution in [1.29, 1.82) is 0 Å². The van der Waals surface area contributed by atoms with Crippen LogP contribution in [0.4, 0.5) is 0 Å². The zero-order valence-corrected chi connectivity index (χ0v) is 24.1. The normalized spacial score (nSPS) is 20.3. The quantitative estimate of drug-likeness (QED) is 0.437. The van der Waals surface area contributed by atoms with Crippen molar-refractivity contribution in [2.24, 2.45) is 0 Å². The molecule has 2 amide bonds. The zero-order chi connectivity index (χ0) is 27.0. The number of piperazine rings is 1. The fourth-order valence-electron chi connectivity index (χ4n) is 5.83. The van der Waals surface area contributed by atoms with E-state index in [-0.39, 0.29) is 29.3 Å². The minimum Gasteiger partial charge on any atom is -0.338 e. The highest BCUT2D eigenvalue weighted by molar-refractivity contribution is 7.10. The molecule has 3 heterocycles. The van der Waals surface area contributed by atoms with E-state index >= 15 is 0 Å². The molecular formula is C32H39N3O2S. The largest absolute Gasteiger partial charge is 0.338 e. The summed E-state index contributed by atoms with van der Waals surface area (Å²) in [5.74, 6) is 0.196. The smallest absolute Gasteiger partial charge is 0.254 e. The summed E-state index contributed by atoms with van der Waals surface area (Å²) in [6, 6.07) is 18.8. The van der Waals surface area contributed by atoms with Gasteiger partial charge in [-0.2, -0.15) is 0 Å². The number of hydrogen-bond donors (Lipinski definition) is 0. The molecule has 0 radical (unpaired) electrons. The van der Waals surface area contributed by atoms with Gasteiger partial charge in [0.1, 0.15) is 0 Å². The van der Waals surface area contributed by atoms with Crippen LogP contribution >= 0.6 is 11.3 Å². The number of benzene rings is 2. The van der Waals surface area contributed by atoms with E-state index in [0.29, 0.717) is 31.7 Å². The highest BCUT2D eigenvalue weighted by atomic mass is 32.1. The second kappa shape index (κ2) is 10.7. The molecule has 0 saturated carbocycles. The molecule has 3 aromatic rings. The fraction of sp³-hybridized carbons (Fsp3) is 0.438. The van der Waals surface area contributed by atoms with Gasteiger partial charge in [0.25, 0.3) is 5.91 Å². The van der Waals surface area contributed by atoms with Crippen molar-refractivity contribution in [1.82, 2.24) is 14.7 Å². The van der Waals surface area contributed by atoms with Gasteiger partial charge in [0.2, 0.25) is 5.91 Å². The van der Waals surface area contributed by atoms with Gasteiger partial charge in [-0.15, -0.1) is 11.3 Å². The van der Waals surface area contributed by atoms with Crippen molar-refractivity contribution in [3.8, 4) is 0 Å². The van der Waals surface area contributed by atoms with E-state index in [1.807, 2.05) is 33.3 Å². The molecule has 1 aromatic heterocycles. The van der Waals surface area contributed by atoms with Crippen LogP contribution in [0.25, 0.3) is 0 Å². The van der Waals surface area contributed by atoms with E-state index in [1.165, 1.54) is 27.1 Å². The summed E-state index contributed by atoms with van der Waals surface area (Å²) in [5, 5.41) is 2.18. The number of fused-ring (bicyclic) bond motifs is 1. The Morgan fingerprint density at radius 3 is 2.37 bits per heavy atom. The van der Waals surface area contributed by atoms with Crippen LogP contribution in [0.2, 0.25) is 0 Å². The molecule has 1 saturated heterocycles. The van der Waals surface area contributed by atoms with E-state index in [0.717, 1.165) is 13.0 Å². The Hall–Kier alpha value is -2.96. The number of carbonyl (C=O) groups is 2. The lowest BCUT2D eigenvalue weighted by Crippen LogP contribution is -2.57. The van der Waals surface area contributed by atoms with Gasteiger partial charge in [0.15, 0.2) is 0 Å². The number of thiophene rings is 1. The van der Waals surface area contributed by atoms with E-state index < -0.39 is 0 Å². The highest BCUT2D eigenvalue weighted by Gasteiger charge is 2.35. The first-order valence-corrected chi connectivity index (χ1v) is 14.6. The summed E-state index contributed by atoms with van der Waals surface area (Å²) >= 11 is 1.82. The molecule has 2 aromatic carbocycles. The Bertz CT molecular complexity index is 1310. The first-order chi connectivity index (χ1) is 18.1. The standard InChI is InChI=1S/C32H39N3O2S/c1-22-8-6-7-9-26(22)30-27-15-19-38-28(27)14-16-34(30)21-29(36)33-17-18-35(23(2)20-33)31(37)24-10-12-25(13-11-24)32(3,4)5/h6-13,15,19,23,30H,14,16-18,20-21H2,1-5H3/t23-,30+/m0/s1. The lowest BCUT2D eigenvalue weighted by atomic mass is 9.86. The molecule has 0 bridgehead atoms. The summed E-state index contributed by atoms with van der Waals surface area (Å²) in [7, 11) is 0. The molecule has 38 heavy (non-hydrogen) atoms. The van der Waals surface area contributed by atoms with Crippen molar-refractivity contribution in [2.75, 3.05) is 32.7 Å². The first-order valence-electron chi connectivity index (χ1n) is 13.7. The van der Waals surface area contributed by atoms with Crippen LogP contribution in [0.15, 0.2) is 60.0 Å². The molecular weight excluding hydrogens is 490 g/mol. The van der Waals surface area contributed by atoms with Gasteiger partial charge in [-0.25, -0.2) is 0 Å². The van der Waals surface area contributed by atoms with Crippen LogP contribution in [0.3, 0.4) is 0 Å². The van der Waals surface area contributed by atoms with E-state index in [2.05, 4.69) is 87.4 Å². The van der Waals surface area contributed by atoms with Crippen molar-refractivity contribution >= 4 is 23.2 Å². The van der Waals surface area contributed by atoms with Crippen LogP contribution in [0.5, 0.6) is 0 Å². The van der Waals surface area contributed by atoms with Gasteiger partial charge in [0.05, 0.1) is 12.6 Å². The van der Waals surface area contributed by atoms with Gasteiger partial charge in [-0.05, 0) is 71.5 Å². The average Bonchev–Trinajstić information content (AvgIpc) is 3.37. The number of nitrogens with zero attached hydrogens (tertiary/aromatic N) is 3. The summed E-state index contributed by atoms with van der Waals surface area (Å²) in [6.07, 6.45) is 0.981. The average molecular weight is 530 g/mol. The summed E-state index contributed by atoms with van der Waals surface area (Å²) in [5.41, 5.74) is 5.86. The van der Waals surface area contributed by atoms with E-state index in [1.54, 1.807) is 0 Å². The minimum atomic E-state index is -0.0283. The molecule has 6 heteroatoms. The zero-order valence-electron chi connectivity index (χ0n) is 23.2. The number of amides is 2. The molecule has 2 aliphatic rings. The minimum absolute atomic E-state index is 0.0283. The highest BCUT2D eigenvalue weighted by Crippen LogP contribution is 2.38. The third kappa shape index (κ3) is 5.29. The lowest BCUT2D eigenvalue weighted by molar-refractivity contribution is -0.135. The molecule has 5 rings (SSSR count). The van der Waals surface area contributed by atoms with Crippen molar-refractivity contribution in [3.05, 3.63) is 92.7 Å². The van der Waals surface area contributed by atoms with Crippen LogP contribution in [0, 0.1) is 6.92 Å². The topological polar surface area (TPSA) is 43.9 Å². The van der Waals surface area contributed by atoms with E-state index in [4.69, 9.17) is 0 Å². The maximum atomic E-state index is 13.6. The molecule has 5 nitrogen and oxygen atoms in total. The Kier molecular flexibility index (Phi) is 7.47. The molecule has 0 spiro atoms. The van der Waals surface area contributed by atoms with Crippen LogP contribution < -0.4 is 0 Å². The molecule has 0 N–H and O–H groups in total. The van der Waals surface area contributed by atoms with Crippen molar-refractivity contribution in [3.63, 3.8) is 0 Å². The lowest BCUT2D eigenvalue weighted by Gasteiger charge is -2.42. The van der Waals surface area contributed by atoms with Crippen molar-refractivity contribution < 1.29 is 9.59 Å². The number of carbonyl (C=O) groups excluding carboxylic acids is 2. The summed E-state index contributed by atoms with van der Waals surface area (Å²) < 4.78 is 0. The third-order valence-corrected chi connectivity index (χ3v) is 9.12. The van der Waals surface area contributed by atoms with Gasteiger partial charge in [0, 0.05) is 42.7 Å². The SMILES string of the molecule is Cc1ccccc1[C@@H]1c2ccsc2CCN1CC(=O)N1CCN(C(=O)c2ccc(C(C)(C)C)cc2)[C@@H](C)C1. The molecule has 200 valence electrons. The van der Waals surface area contributed by atoms with Crippen LogP contribution in [-0.4, -0.2) is 65.3 Å². The number of aryl methyl sites for hydroxylation is 1. The van der Waals surface area contributed by atoms with Crippen molar-refractivity contribution in [2.45, 2.75) is 58.5 Å². The predicted molar refractivity (Wildman–Crippen MR) is 155 cm³/mol. The molecule has 2 aliphatic heterocycles. The van der Waals surface area contributed by atoms with Crippen LogP contribution in [-0.2, 0) is 16.6 Å². The second-order valence-corrected chi connectivity index (χ2v) is 12.8. The Balaban J connectivity index is 1.26. The second-order valence-electron chi connectivity index (χ2n) is 11.8. The number of hydrogen-bond acceptors (Lipinski definition) is 4. The van der Waals surface area contributed by atoms with Gasteiger partial charge in [-0.3, -0.25) is 14.5 Å². The van der Waals surface area contributed by atoms with Gasteiger partial charge in [-0.1, -0.05) is 57.2 Å². The predicted octanol–water partition coefficient (Wildman–Crippen LogP) is 5.67. The van der Waals surface area contributed by atoms with Crippen LogP contribution in [0.1, 0.15) is 71.2 Å². The molecule has 1 fully saturated rings. The molecule has 0 unspecified atom stereocenters. The summed E-state index contributed by atoms with van der Waals surface area (Å²) in [6.45, 7) is 13.7. The third-order valence-electron chi connectivity index (χ3n) is 8.13. The van der Waals surface area contributed by atoms with Gasteiger partial charge < -0.3 is 9.80 Å². The maximum absolute atomic E-state index is 13.6.